The van der Waals surface area contributed by atoms with Crippen LogP contribution in [0.25, 0.3) is 16.7 Å². The highest BCUT2D eigenvalue weighted by Gasteiger charge is 2.18. The number of aromatic carboxylic acids is 1. The fourth-order valence-corrected chi connectivity index (χ4v) is 2.32. The number of para-hydroxylation sites is 1. The number of hydrogen-bond donors (Lipinski definition) is 2. The summed E-state index contributed by atoms with van der Waals surface area (Å²) in [6, 6.07) is 9.58. The van der Waals surface area contributed by atoms with Crippen LogP contribution in [-0.4, -0.2) is 25.6 Å². The Hall–Kier alpha value is -3.22. The summed E-state index contributed by atoms with van der Waals surface area (Å²) in [5.74, 6) is -1.25. The molecule has 0 aliphatic carbocycles. The number of aromatic nitrogens is 3. The molecule has 0 atom stereocenters. The second-order valence-electron chi connectivity index (χ2n) is 4.75. The van der Waals surface area contributed by atoms with Crippen molar-refractivity contribution in [2.75, 3.05) is 0 Å². The quantitative estimate of drug-likeness (QED) is 0.736. The van der Waals surface area contributed by atoms with Gasteiger partial charge in [0.1, 0.15) is 5.65 Å². The maximum Gasteiger partial charge on any atom is 0.336 e. The van der Waals surface area contributed by atoms with Crippen molar-refractivity contribution in [1.82, 2.24) is 14.5 Å². The Kier molecular flexibility index (Phi) is 3.10. The summed E-state index contributed by atoms with van der Waals surface area (Å²) in [6.45, 7) is 1.59. The topological polar surface area (TPSA) is 105 Å². The van der Waals surface area contributed by atoms with E-state index < -0.39 is 17.2 Å². The molecule has 0 radical (unpaired) electrons. The lowest BCUT2D eigenvalue weighted by atomic mass is 10.1. The summed E-state index contributed by atoms with van der Waals surface area (Å²) in [5, 5.41) is 9.17. The maximum atomic E-state index is 12.6. The predicted molar refractivity (Wildman–Crippen MR) is 79.7 cm³/mol. The Morgan fingerprint density at radius 2 is 1.91 bits per heavy atom. The Balaban J connectivity index is 2.51. The Morgan fingerprint density at radius 1 is 1.23 bits per heavy atom. The van der Waals surface area contributed by atoms with Crippen LogP contribution in [0.1, 0.15) is 16.1 Å². The fraction of sp³-hybridized carbons (Fsp3) is 0.0667. The number of aromatic amines is 1. The van der Waals surface area contributed by atoms with Crippen LogP contribution in [0.15, 0.2) is 46.0 Å². The van der Waals surface area contributed by atoms with Crippen LogP contribution >= 0.6 is 0 Å². The number of carbonyl (C=O) groups is 1. The van der Waals surface area contributed by atoms with Gasteiger partial charge < -0.3 is 5.11 Å². The summed E-state index contributed by atoms with van der Waals surface area (Å²) < 4.78 is 0.895. The number of carboxylic acids is 1. The number of hydrogen-bond acceptors (Lipinski definition) is 4. The summed E-state index contributed by atoms with van der Waals surface area (Å²) in [6.07, 6.45) is 0. The maximum absolute atomic E-state index is 12.6. The molecule has 0 saturated heterocycles. The van der Waals surface area contributed by atoms with Gasteiger partial charge in [-0.05, 0) is 25.1 Å². The highest BCUT2D eigenvalue weighted by Crippen LogP contribution is 2.13. The molecule has 7 nitrogen and oxygen atoms in total. The number of H-pyrrole nitrogens is 1. The molecule has 0 aliphatic rings. The molecule has 1 aromatic carbocycles. The first-order valence-corrected chi connectivity index (χ1v) is 6.44. The molecule has 2 N–H and O–H groups in total. The fourth-order valence-electron chi connectivity index (χ4n) is 2.32. The lowest BCUT2D eigenvalue weighted by Gasteiger charge is -2.08. The van der Waals surface area contributed by atoms with Gasteiger partial charge in [-0.2, -0.15) is 0 Å². The van der Waals surface area contributed by atoms with Crippen molar-refractivity contribution in [2.24, 2.45) is 0 Å². The van der Waals surface area contributed by atoms with E-state index >= 15 is 0 Å². The van der Waals surface area contributed by atoms with Gasteiger partial charge in [-0.15, -0.1) is 0 Å². The number of fused-ring (bicyclic) bond motifs is 1. The van der Waals surface area contributed by atoms with Crippen LogP contribution < -0.4 is 11.2 Å². The van der Waals surface area contributed by atoms with Crippen molar-refractivity contribution in [3.8, 4) is 5.69 Å². The largest absolute Gasteiger partial charge is 0.478 e. The minimum atomic E-state index is -1.25. The predicted octanol–water partition coefficient (Wildman–Crippen LogP) is 1.08. The smallest absolute Gasteiger partial charge is 0.336 e. The van der Waals surface area contributed by atoms with E-state index in [1.165, 1.54) is 6.07 Å². The minimum absolute atomic E-state index is 0.0282. The van der Waals surface area contributed by atoms with Gasteiger partial charge in [0.2, 0.25) is 0 Å². The number of benzene rings is 1. The Labute approximate surface area is 123 Å². The number of pyridine rings is 1. The van der Waals surface area contributed by atoms with Crippen LogP contribution in [0.5, 0.6) is 0 Å². The first-order valence-electron chi connectivity index (χ1n) is 6.44. The molecular weight excluding hydrogens is 286 g/mol. The summed E-state index contributed by atoms with van der Waals surface area (Å²) in [4.78, 5) is 42.7. The van der Waals surface area contributed by atoms with E-state index in [0.717, 1.165) is 4.57 Å². The highest BCUT2D eigenvalue weighted by molar-refractivity contribution is 6.01. The molecule has 0 amide bonds. The molecule has 22 heavy (non-hydrogen) atoms. The van der Waals surface area contributed by atoms with Gasteiger partial charge >= 0.3 is 11.7 Å². The SMILES string of the molecule is Cc1cc(C(=O)O)c2c(=O)n(-c3ccccc3)c(=O)[nH]c2n1. The van der Waals surface area contributed by atoms with Crippen molar-refractivity contribution in [3.63, 3.8) is 0 Å². The van der Waals surface area contributed by atoms with E-state index in [1.54, 1.807) is 37.3 Å². The van der Waals surface area contributed by atoms with E-state index in [-0.39, 0.29) is 16.6 Å². The first kappa shape index (κ1) is 13.7. The molecule has 110 valence electrons. The Morgan fingerprint density at radius 3 is 2.55 bits per heavy atom. The molecule has 2 aromatic heterocycles. The zero-order chi connectivity index (χ0) is 15.9. The van der Waals surface area contributed by atoms with Gasteiger partial charge in [0, 0.05) is 5.69 Å². The van der Waals surface area contributed by atoms with Gasteiger partial charge in [-0.1, -0.05) is 18.2 Å². The lowest BCUT2D eigenvalue weighted by Crippen LogP contribution is -2.34. The lowest BCUT2D eigenvalue weighted by molar-refractivity contribution is 0.0698. The molecule has 3 rings (SSSR count). The second kappa shape index (κ2) is 4.96. The zero-order valence-corrected chi connectivity index (χ0v) is 11.5. The van der Waals surface area contributed by atoms with Crippen LogP contribution in [0, 0.1) is 6.92 Å². The standard InChI is InChI=1S/C15H11N3O4/c1-8-7-10(14(20)21)11-12(16-8)17-15(22)18(13(11)19)9-5-3-2-4-6-9/h2-7H,1H3,(H,20,21)(H,16,17,22). The van der Waals surface area contributed by atoms with Crippen LogP contribution in [-0.2, 0) is 0 Å². The normalized spacial score (nSPS) is 10.8. The average molecular weight is 297 g/mol. The van der Waals surface area contributed by atoms with Crippen LogP contribution in [0.4, 0.5) is 0 Å². The van der Waals surface area contributed by atoms with Gasteiger partial charge in [0.05, 0.1) is 16.6 Å². The van der Waals surface area contributed by atoms with E-state index in [1.807, 2.05) is 0 Å². The molecule has 0 saturated carbocycles. The van der Waals surface area contributed by atoms with Crippen LogP contribution in [0.2, 0.25) is 0 Å². The van der Waals surface area contributed by atoms with Gasteiger partial charge in [-0.3, -0.25) is 9.78 Å². The summed E-state index contributed by atoms with van der Waals surface area (Å²) in [7, 11) is 0. The van der Waals surface area contributed by atoms with E-state index in [0.29, 0.717) is 11.4 Å². The molecule has 0 fully saturated rings. The minimum Gasteiger partial charge on any atom is -0.478 e. The first-order chi connectivity index (χ1) is 10.5. The average Bonchev–Trinajstić information content (AvgIpc) is 2.47. The van der Waals surface area contributed by atoms with Crippen molar-refractivity contribution in [2.45, 2.75) is 6.92 Å². The monoisotopic (exact) mass is 297 g/mol. The number of nitrogens with one attached hydrogen (secondary N) is 1. The second-order valence-corrected chi connectivity index (χ2v) is 4.75. The zero-order valence-electron chi connectivity index (χ0n) is 11.5. The van der Waals surface area contributed by atoms with Gasteiger partial charge in [0.15, 0.2) is 0 Å². The summed E-state index contributed by atoms with van der Waals surface area (Å²) >= 11 is 0. The molecule has 0 unspecified atom stereocenters. The van der Waals surface area contributed by atoms with Crippen LogP contribution in [0.3, 0.4) is 0 Å². The van der Waals surface area contributed by atoms with E-state index in [2.05, 4.69) is 9.97 Å². The third-order valence-electron chi connectivity index (χ3n) is 3.24. The molecule has 7 heteroatoms. The van der Waals surface area contributed by atoms with Gasteiger partial charge in [-0.25, -0.2) is 19.1 Å². The molecule has 3 aromatic rings. The molecule has 0 spiro atoms. The molecule has 0 aliphatic heterocycles. The van der Waals surface area contributed by atoms with E-state index in [9.17, 15) is 19.5 Å². The van der Waals surface area contributed by atoms with Gasteiger partial charge in [0.25, 0.3) is 5.56 Å². The Bertz CT molecular complexity index is 1000. The number of carboxylic acid groups (broad SMARTS) is 1. The number of rotatable bonds is 2. The number of aryl methyl sites for hydroxylation is 1. The van der Waals surface area contributed by atoms with E-state index in [4.69, 9.17) is 0 Å². The van der Waals surface area contributed by atoms with Crippen molar-refractivity contribution >= 4 is 17.0 Å². The third kappa shape index (κ3) is 2.08. The highest BCUT2D eigenvalue weighted by atomic mass is 16.4. The molecule has 0 bridgehead atoms. The molecule has 2 heterocycles. The van der Waals surface area contributed by atoms with Crippen molar-refractivity contribution < 1.29 is 9.90 Å². The molecular formula is C15H11N3O4. The number of nitrogens with zero attached hydrogens (tertiary/aromatic N) is 2. The third-order valence-corrected chi connectivity index (χ3v) is 3.24. The summed E-state index contributed by atoms with van der Waals surface area (Å²) in [5.41, 5.74) is -0.842. The van der Waals surface area contributed by atoms with Crippen molar-refractivity contribution in [3.05, 3.63) is 68.5 Å². The van der Waals surface area contributed by atoms with Crippen molar-refractivity contribution in [1.29, 1.82) is 0 Å².